The smallest absolute Gasteiger partial charge is 0.0978 e. The van der Waals surface area contributed by atoms with Gasteiger partial charge in [-0.15, -0.1) is 0 Å². The minimum Gasteiger partial charge on any atom is -0.372 e. The van der Waals surface area contributed by atoms with Crippen molar-refractivity contribution in [1.82, 2.24) is 0 Å². The zero-order valence-corrected chi connectivity index (χ0v) is 10.9. The van der Waals surface area contributed by atoms with Crippen LogP contribution in [-0.4, -0.2) is 12.6 Å². The molecule has 1 heterocycles. The molecule has 1 aliphatic rings. The van der Waals surface area contributed by atoms with Gasteiger partial charge in [0.05, 0.1) is 12.7 Å². The lowest BCUT2D eigenvalue weighted by Crippen LogP contribution is -2.35. The first kappa shape index (κ1) is 12.6. The third kappa shape index (κ3) is 2.88. The molecule has 1 aromatic carbocycles. The summed E-state index contributed by atoms with van der Waals surface area (Å²) in [5.41, 5.74) is 9.02. The van der Waals surface area contributed by atoms with Crippen LogP contribution >= 0.6 is 0 Å². The van der Waals surface area contributed by atoms with Gasteiger partial charge in [0.25, 0.3) is 0 Å². The number of hydrogen-bond acceptors (Lipinski definition) is 2. The molecule has 3 atom stereocenters. The molecule has 1 aromatic rings. The van der Waals surface area contributed by atoms with Gasteiger partial charge in [-0.05, 0) is 29.9 Å². The Morgan fingerprint density at radius 3 is 2.94 bits per heavy atom. The second-order valence-electron chi connectivity index (χ2n) is 5.15. The standard InChI is InChI=1S/C15H23NO/c1-3-11(2)10-14(16)15-13-7-5-4-6-12(13)8-9-17-15/h4-7,11,14-15H,3,8-10,16H2,1-2H3. The van der Waals surface area contributed by atoms with Crippen LogP contribution in [0.5, 0.6) is 0 Å². The first-order chi connectivity index (χ1) is 8.22. The molecule has 0 radical (unpaired) electrons. The van der Waals surface area contributed by atoms with Crippen molar-refractivity contribution in [2.75, 3.05) is 6.61 Å². The third-order valence-corrected chi connectivity index (χ3v) is 3.79. The predicted molar refractivity (Wildman–Crippen MR) is 70.9 cm³/mol. The number of fused-ring (bicyclic) bond motifs is 1. The SMILES string of the molecule is CCC(C)CC(N)C1OCCc2ccccc21. The van der Waals surface area contributed by atoms with E-state index in [4.69, 9.17) is 10.5 Å². The number of hydrogen-bond donors (Lipinski definition) is 1. The topological polar surface area (TPSA) is 35.2 Å². The molecule has 94 valence electrons. The van der Waals surface area contributed by atoms with Gasteiger partial charge < -0.3 is 10.5 Å². The number of rotatable bonds is 4. The van der Waals surface area contributed by atoms with Crippen LogP contribution in [0.15, 0.2) is 24.3 Å². The van der Waals surface area contributed by atoms with Gasteiger partial charge >= 0.3 is 0 Å². The van der Waals surface area contributed by atoms with E-state index in [1.807, 2.05) is 0 Å². The second kappa shape index (κ2) is 5.65. The van der Waals surface area contributed by atoms with Gasteiger partial charge in [-0.25, -0.2) is 0 Å². The van der Waals surface area contributed by atoms with Crippen molar-refractivity contribution >= 4 is 0 Å². The Morgan fingerprint density at radius 2 is 2.18 bits per heavy atom. The third-order valence-electron chi connectivity index (χ3n) is 3.79. The maximum Gasteiger partial charge on any atom is 0.0978 e. The maximum absolute atomic E-state index is 6.31. The van der Waals surface area contributed by atoms with Crippen LogP contribution in [0.3, 0.4) is 0 Å². The van der Waals surface area contributed by atoms with Gasteiger partial charge in [0.2, 0.25) is 0 Å². The van der Waals surface area contributed by atoms with E-state index < -0.39 is 0 Å². The number of benzene rings is 1. The first-order valence-corrected chi connectivity index (χ1v) is 6.67. The summed E-state index contributed by atoms with van der Waals surface area (Å²) in [7, 11) is 0. The van der Waals surface area contributed by atoms with Crippen LogP contribution in [0, 0.1) is 5.92 Å². The molecule has 3 unspecified atom stereocenters. The molecule has 0 saturated heterocycles. The van der Waals surface area contributed by atoms with Crippen molar-refractivity contribution in [3.05, 3.63) is 35.4 Å². The molecule has 2 heteroatoms. The van der Waals surface area contributed by atoms with E-state index in [0.29, 0.717) is 5.92 Å². The van der Waals surface area contributed by atoms with Crippen molar-refractivity contribution in [1.29, 1.82) is 0 Å². The zero-order chi connectivity index (χ0) is 12.3. The summed E-state index contributed by atoms with van der Waals surface area (Å²) < 4.78 is 5.89. The van der Waals surface area contributed by atoms with Gasteiger partial charge in [-0.3, -0.25) is 0 Å². The summed E-state index contributed by atoms with van der Waals surface area (Å²) in [6.45, 7) is 5.28. The van der Waals surface area contributed by atoms with Gasteiger partial charge in [0, 0.05) is 6.04 Å². The van der Waals surface area contributed by atoms with E-state index in [1.54, 1.807) is 0 Å². The summed E-state index contributed by atoms with van der Waals surface area (Å²) in [6.07, 6.45) is 3.33. The van der Waals surface area contributed by atoms with Crippen molar-refractivity contribution in [3.63, 3.8) is 0 Å². The van der Waals surface area contributed by atoms with Crippen LogP contribution in [0.2, 0.25) is 0 Å². The average Bonchev–Trinajstić information content (AvgIpc) is 2.37. The van der Waals surface area contributed by atoms with Crippen LogP contribution in [-0.2, 0) is 11.2 Å². The zero-order valence-electron chi connectivity index (χ0n) is 10.9. The van der Waals surface area contributed by atoms with E-state index in [1.165, 1.54) is 17.5 Å². The van der Waals surface area contributed by atoms with E-state index in [0.717, 1.165) is 19.4 Å². The molecule has 2 N–H and O–H groups in total. The average molecular weight is 233 g/mol. The van der Waals surface area contributed by atoms with Gasteiger partial charge in [-0.2, -0.15) is 0 Å². The van der Waals surface area contributed by atoms with E-state index in [-0.39, 0.29) is 12.1 Å². The van der Waals surface area contributed by atoms with Gasteiger partial charge in [0.1, 0.15) is 0 Å². The molecule has 0 fully saturated rings. The molecule has 0 spiro atoms. The van der Waals surface area contributed by atoms with E-state index in [2.05, 4.69) is 38.1 Å². The summed E-state index contributed by atoms with van der Waals surface area (Å²) in [5, 5.41) is 0. The van der Waals surface area contributed by atoms with Gasteiger partial charge in [-0.1, -0.05) is 44.5 Å². The second-order valence-corrected chi connectivity index (χ2v) is 5.15. The summed E-state index contributed by atoms with van der Waals surface area (Å²) in [6, 6.07) is 8.65. The highest BCUT2D eigenvalue weighted by Crippen LogP contribution is 2.31. The predicted octanol–water partition coefficient (Wildman–Crippen LogP) is 3.06. The minimum atomic E-state index is 0.0916. The Kier molecular flexibility index (Phi) is 4.19. The maximum atomic E-state index is 6.31. The van der Waals surface area contributed by atoms with Crippen LogP contribution in [0.25, 0.3) is 0 Å². The fourth-order valence-electron chi connectivity index (χ4n) is 2.53. The Bertz CT molecular complexity index is 364. The lowest BCUT2D eigenvalue weighted by Gasteiger charge is -2.31. The van der Waals surface area contributed by atoms with Crippen molar-refractivity contribution in [2.24, 2.45) is 11.7 Å². The molecular weight excluding hydrogens is 210 g/mol. The van der Waals surface area contributed by atoms with Crippen molar-refractivity contribution in [2.45, 2.75) is 45.3 Å². The lowest BCUT2D eigenvalue weighted by atomic mass is 9.89. The van der Waals surface area contributed by atoms with Crippen molar-refractivity contribution in [3.8, 4) is 0 Å². The minimum absolute atomic E-state index is 0.0916. The van der Waals surface area contributed by atoms with Crippen LogP contribution in [0.1, 0.15) is 43.9 Å². The number of nitrogens with two attached hydrogens (primary N) is 1. The molecule has 0 bridgehead atoms. The highest BCUT2D eigenvalue weighted by Gasteiger charge is 2.26. The molecule has 0 aromatic heterocycles. The molecule has 0 amide bonds. The Labute approximate surface area is 104 Å². The quantitative estimate of drug-likeness (QED) is 0.867. The largest absolute Gasteiger partial charge is 0.372 e. The molecule has 2 nitrogen and oxygen atoms in total. The molecule has 2 rings (SSSR count). The normalized spacial score (nSPS) is 22.9. The molecule has 17 heavy (non-hydrogen) atoms. The monoisotopic (exact) mass is 233 g/mol. The van der Waals surface area contributed by atoms with Crippen molar-refractivity contribution < 1.29 is 4.74 Å². The lowest BCUT2D eigenvalue weighted by molar-refractivity contribution is 0.0195. The summed E-state index contributed by atoms with van der Waals surface area (Å²) in [5.74, 6) is 0.669. The summed E-state index contributed by atoms with van der Waals surface area (Å²) >= 11 is 0. The van der Waals surface area contributed by atoms with Crippen LogP contribution < -0.4 is 5.73 Å². The van der Waals surface area contributed by atoms with E-state index in [9.17, 15) is 0 Å². The highest BCUT2D eigenvalue weighted by atomic mass is 16.5. The molecule has 0 saturated carbocycles. The molecular formula is C15H23NO. The molecule has 0 aliphatic carbocycles. The van der Waals surface area contributed by atoms with E-state index >= 15 is 0 Å². The van der Waals surface area contributed by atoms with Crippen LogP contribution in [0.4, 0.5) is 0 Å². The Balaban J connectivity index is 2.12. The fourth-order valence-corrected chi connectivity index (χ4v) is 2.53. The Hall–Kier alpha value is -0.860. The number of ether oxygens (including phenoxy) is 1. The van der Waals surface area contributed by atoms with Gasteiger partial charge in [0.15, 0.2) is 0 Å². The first-order valence-electron chi connectivity index (χ1n) is 6.67. The Morgan fingerprint density at radius 1 is 1.41 bits per heavy atom. The molecule has 1 aliphatic heterocycles. The highest BCUT2D eigenvalue weighted by molar-refractivity contribution is 5.31. The summed E-state index contributed by atoms with van der Waals surface area (Å²) in [4.78, 5) is 0. The fraction of sp³-hybridized carbons (Fsp3) is 0.600.